The Bertz CT molecular complexity index is 836. The van der Waals surface area contributed by atoms with Gasteiger partial charge in [-0.15, -0.1) is 0 Å². The van der Waals surface area contributed by atoms with E-state index in [2.05, 4.69) is 5.32 Å². The van der Waals surface area contributed by atoms with Crippen molar-refractivity contribution in [3.05, 3.63) is 29.8 Å². The zero-order chi connectivity index (χ0) is 22.4. The normalized spacial score (nSPS) is 15.8. The summed E-state index contributed by atoms with van der Waals surface area (Å²) in [6, 6.07) is 3.70. The quantitative estimate of drug-likeness (QED) is 0.590. The number of carbonyl (C=O) groups is 2. The summed E-state index contributed by atoms with van der Waals surface area (Å²) < 4.78 is 65.5. The lowest BCUT2D eigenvalue weighted by Gasteiger charge is -2.34. The van der Waals surface area contributed by atoms with E-state index in [4.69, 9.17) is 4.74 Å². The Morgan fingerprint density at radius 1 is 1.10 bits per heavy atom. The lowest BCUT2D eigenvalue weighted by molar-refractivity contribution is -0.122. The molecule has 1 aromatic rings. The maximum absolute atomic E-state index is 12.6. The predicted octanol–water partition coefficient (Wildman–Crippen LogP) is 0.891. The minimum atomic E-state index is -5.45. The number of alkyl halides is 3. The van der Waals surface area contributed by atoms with Crippen LogP contribution >= 0.6 is 0 Å². The molecule has 2 rings (SSSR count). The number of methoxy groups -OCH3 is 1. The van der Waals surface area contributed by atoms with E-state index < -0.39 is 26.1 Å². The van der Waals surface area contributed by atoms with Gasteiger partial charge in [0.25, 0.3) is 15.7 Å². The van der Waals surface area contributed by atoms with Crippen molar-refractivity contribution in [3.8, 4) is 0 Å². The van der Waals surface area contributed by atoms with Crippen molar-refractivity contribution in [3.63, 3.8) is 0 Å². The maximum Gasteiger partial charge on any atom is 0.501 e. The van der Waals surface area contributed by atoms with Gasteiger partial charge in [-0.2, -0.15) is 13.2 Å². The molecule has 0 saturated carbocycles. The zero-order valence-corrected chi connectivity index (χ0v) is 17.3. The first kappa shape index (κ1) is 24.1. The summed E-state index contributed by atoms with van der Waals surface area (Å²) in [6.45, 7) is 2.92. The molecular formula is C18H24F3N3O5S. The molecule has 0 bridgehead atoms. The summed E-state index contributed by atoms with van der Waals surface area (Å²) in [7, 11) is -3.86. The highest BCUT2D eigenvalue weighted by Crippen LogP contribution is 2.30. The van der Waals surface area contributed by atoms with E-state index in [0.717, 1.165) is 24.3 Å². The summed E-state index contributed by atoms with van der Waals surface area (Å²) in [4.78, 5) is 26.9. The number of ether oxygens (including phenoxy) is 1. The van der Waals surface area contributed by atoms with Crippen LogP contribution in [-0.2, 0) is 19.4 Å². The third-order valence-corrected chi connectivity index (χ3v) is 6.09. The molecule has 1 heterocycles. The van der Waals surface area contributed by atoms with Crippen LogP contribution in [0.4, 0.5) is 13.2 Å². The first-order valence-corrected chi connectivity index (χ1v) is 10.7. The van der Waals surface area contributed by atoms with Crippen molar-refractivity contribution in [1.29, 1.82) is 0 Å². The first-order valence-electron chi connectivity index (χ1n) is 9.25. The molecule has 168 valence electrons. The van der Waals surface area contributed by atoms with E-state index in [-0.39, 0.29) is 18.0 Å². The molecule has 1 aliphatic rings. The van der Waals surface area contributed by atoms with Crippen molar-refractivity contribution in [2.45, 2.75) is 16.8 Å². The van der Waals surface area contributed by atoms with Crippen LogP contribution in [0.15, 0.2) is 29.2 Å². The average Bonchev–Trinajstić information content (AvgIpc) is 2.70. The summed E-state index contributed by atoms with van der Waals surface area (Å²) >= 11 is 0. The molecule has 1 fully saturated rings. The van der Waals surface area contributed by atoms with Crippen molar-refractivity contribution in [2.24, 2.45) is 0 Å². The number of nitrogens with zero attached hydrogens (tertiary/aromatic N) is 2. The Kier molecular flexibility index (Phi) is 8.21. The molecular weight excluding hydrogens is 427 g/mol. The van der Waals surface area contributed by atoms with Crippen molar-refractivity contribution < 1.29 is 35.9 Å². The van der Waals surface area contributed by atoms with Crippen LogP contribution in [0.1, 0.15) is 16.8 Å². The van der Waals surface area contributed by atoms with Gasteiger partial charge in [-0.05, 0) is 30.7 Å². The molecule has 0 radical (unpaired) electrons. The summed E-state index contributed by atoms with van der Waals surface area (Å²) in [5.41, 5.74) is -5.30. The Balaban J connectivity index is 1.86. The number of amides is 2. The Morgan fingerprint density at radius 2 is 1.70 bits per heavy atom. The monoisotopic (exact) mass is 451 g/mol. The number of nitrogens with one attached hydrogen (secondary N) is 1. The number of carbonyl (C=O) groups excluding carboxylic acids is 2. The Labute approximate surface area is 172 Å². The van der Waals surface area contributed by atoms with Crippen LogP contribution in [0.3, 0.4) is 0 Å². The third kappa shape index (κ3) is 6.16. The molecule has 2 amide bonds. The molecule has 0 aromatic heterocycles. The molecule has 0 aliphatic carbocycles. The van der Waals surface area contributed by atoms with Gasteiger partial charge in [-0.3, -0.25) is 14.5 Å². The number of halogens is 3. The molecule has 0 atom stereocenters. The van der Waals surface area contributed by atoms with E-state index in [0.29, 0.717) is 45.8 Å². The van der Waals surface area contributed by atoms with E-state index >= 15 is 0 Å². The molecule has 30 heavy (non-hydrogen) atoms. The highest BCUT2D eigenvalue weighted by molar-refractivity contribution is 7.92. The maximum atomic E-state index is 12.6. The summed E-state index contributed by atoms with van der Waals surface area (Å²) in [5.74, 6) is -0.526. The lowest BCUT2D eigenvalue weighted by atomic mass is 10.2. The van der Waals surface area contributed by atoms with E-state index in [1.54, 1.807) is 7.11 Å². The molecule has 1 aromatic carbocycles. The SMILES string of the molecule is COCCCNC(=O)CN1CCN(C(=O)c2ccc(S(=O)(=O)C(F)(F)F)cc2)CC1. The van der Waals surface area contributed by atoms with Crippen LogP contribution in [0, 0.1) is 0 Å². The molecule has 1 saturated heterocycles. The lowest BCUT2D eigenvalue weighted by Crippen LogP contribution is -2.51. The summed E-state index contributed by atoms with van der Waals surface area (Å²) in [6.07, 6.45) is 0.716. The fraction of sp³-hybridized carbons (Fsp3) is 0.556. The van der Waals surface area contributed by atoms with Crippen LogP contribution in [-0.4, -0.2) is 88.5 Å². The standard InChI is InChI=1S/C18H24F3N3O5S/c1-29-12-2-7-22-16(25)13-23-8-10-24(11-9-23)17(26)14-3-5-15(6-4-14)30(27,28)18(19,20)21/h3-6H,2,7-13H2,1H3,(H,22,25). The Hall–Kier alpha value is -2.18. The number of rotatable bonds is 8. The minimum absolute atomic E-state index is 0.0976. The second-order valence-electron chi connectivity index (χ2n) is 6.74. The number of benzene rings is 1. The third-order valence-electron chi connectivity index (χ3n) is 4.59. The average molecular weight is 451 g/mol. The topological polar surface area (TPSA) is 96.0 Å². The van der Waals surface area contributed by atoms with Crippen molar-refractivity contribution >= 4 is 21.7 Å². The van der Waals surface area contributed by atoms with Crippen LogP contribution in [0.5, 0.6) is 0 Å². The molecule has 8 nitrogen and oxygen atoms in total. The fourth-order valence-electron chi connectivity index (χ4n) is 2.91. The van der Waals surface area contributed by atoms with E-state index in [1.165, 1.54) is 4.90 Å². The summed E-state index contributed by atoms with van der Waals surface area (Å²) in [5, 5.41) is 2.78. The van der Waals surface area contributed by atoms with Crippen molar-refractivity contribution in [1.82, 2.24) is 15.1 Å². The molecule has 1 N–H and O–H groups in total. The van der Waals surface area contributed by atoms with Gasteiger partial charge in [0, 0.05) is 52.0 Å². The molecule has 1 aliphatic heterocycles. The van der Waals surface area contributed by atoms with Gasteiger partial charge < -0.3 is 15.0 Å². The fourth-order valence-corrected chi connectivity index (χ4v) is 3.67. The van der Waals surface area contributed by atoms with Gasteiger partial charge >= 0.3 is 5.51 Å². The van der Waals surface area contributed by atoms with E-state index in [1.807, 2.05) is 4.90 Å². The van der Waals surface area contributed by atoms with Crippen molar-refractivity contribution in [2.75, 3.05) is 53.0 Å². The van der Waals surface area contributed by atoms with Gasteiger partial charge in [0.15, 0.2) is 0 Å². The number of piperazine rings is 1. The van der Waals surface area contributed by atoms with Gasteiger partial charge in [0.2, 0.25) is 5.91 Å². The van der Waals surface area contributed by atoms with Gasteiger partial charge in [0.05, 0.1) is 11.4 Å². The van der Waals surface area contributed by atoms with Gasteiger partial charge in [0.1, 0.15) is 0 Å². The van der Waals surface area contributed by atoms with Gasteiger partial charge in [-0.1, -0.05) is 0 Å². The number of hydrogen-bond acceptors (Lipinski definition) is 6. The molecule has 0 unspecified atom stereocenters. The first-order chi connectivity index (χ1) is 14.1. The highest BCUT2D eigenvalue weighted by atomic mass is 32.2. The van der Waals surface area contributed by atoms with E-state index in [9.17, 15) is 31.2 Å². The Morgan fingerprint density at radius 3 is 2.23 bits per heavy atom. The largest absolute Gasteiger partial charge is 0.501 e. The van der Waals surface area contributed by atoms with Gasteiger partial charge in [-0.25, -0.2) is 8.42 Å². The number of hydrogen-bond donors (Lipinski definition) is 1. The number of sulfone groups is 1. The second-order valence-corrected chi connectivity index (χ2v) is 8.68. The predicted molar refractivity (Wildman–Crippen MR) is 102 cm³/mol. The zero-order valence-electron chi connectivity index (χ0n) is 16.4. The van der Waals surface area contributed by atoms with Crippen LogP contribution in [0.25, 0.3) is 0 Å². The van der Waals surface area contributed by atoms with Crippen LogP contribution in [0.2, 0.25) is 0 Å². The second kappa shape index (κ2) is 10.2. The highest BCUT2D eigenvalue weighted by Gasteiger charge is 2.46. The molecule has 0 spiro atoms. The van der Waals surface area contributed by atoms with Crippen LogP contribution < -0.4 is 5.32 Å². The minimum Gasteiger partial charge on any atom is -0.385 e. The molecule has 12 heteroatoms. The smallest absolute Gasteiger partial charge is 0.385 e.